The van der Waals surface area contributed by atoms with Gasteiger partial charge in [0.2, 0.25) is 0 Å². The highest BCUT2D eigenvalue weighted by molar-refractivity contribution is 5.79. The number of aryl methyl sites for hydroxylation is 1. The van der Waals surface area contributed by atoms with Gasteiger partial charge in [-0.3, -0.25) is 4.68 Å². The van der Waals surface area contributed by atoms with E-state index in [1.165, 1.54) is 0 Å². The van der Waals surface area contributed by atoms with Gasteiger partial charge >= 0.3 is 0 Å². The number of ether oxygens (including phenoxy) is 2. The Morgan fingerprint density at radius 1 is 1.31 bits per heavy atom. The number of benzene rings is 1. The van der Waals surface area contributed by atoms with Crippen LogP contribution in [0.1, 0.15) is 18.2 Å². The predicted octanol–water partition coefficient (Wildman–Crippen LogP) is 1.70. The molecule has 0 fully saturated rings. The molecule has 2 aromatic rings. The van der Waals surface area contributed by atoms with Crippen LogP contribution in [-0.2, 0) is 20.1 Å². The third-order valence-corrected chi connectivity index (χ3v) is 3.66. The molecular formula is C19H25N5O2. The molecule has 0 unspecified atom stereocenters. The minimum atomic E-state index is 0.192. The fourth-order valence-electron chi connectivity index (χ4n) is 2.31. The van der Waals surface area contributed by atoms with E-state index >= 15 is 0 Å². The van der Waals surface area contributed by atoms with Crippen molar-refractivity contribution < 1.29 is 9.47 Å². The lowest BCUT2D eigenvalue weighted by molar-refractivity contribution is 0.330. The molecule has 0 aliphatic carbocycles. The minimum absolute atomic E-state index is 0.192. The number of hydrogen-bond donors (Lipinski definition) is 2. The van der Waals surface area contributed by atoms with Crippen molar-refractivity contribution in [3.63, 3.8) is 0 Å². The minimum Gasteiger partial charge on any atom is -0.493 e. The van der Waals surface area contributed by atoms with Gasteiger partial charge in [-0.25, -0.2) is 4.99 Å². The van der Waals surface area contributed by atoms with E-state index in [2.05, 4.69) is 26.6 Å². The first-order valence-corrected chi connectivity index (χ1v) is 8.40. The van der Waals surface area contributed by atoms with Crippen molar-refractivity contribution in [1.82, 2.24) is 20.4 Å². The molecule has 0 saturated carbocycles. The number of nitrogens with zero attached hydrogens (tertiary/aromatic N) is 3. The van der Waals surface area contributed by atoms with E-state index in [0.29, 0.717) is 24.6 Å². The Balaban J connectivity index is 2.05. The summed E-state index contributed by atoms with van der Waals surface area (Å²) < 4.78 is 12.7. The summed E-state index contributed by atoms with van der Waals surface area (Å²) in [5, 5.41) is 10.7. The summed E-state index contributed by atoms with van der Waals surface area (Å²) in [5.41, 5.74) is 2.07. The molecule has 7 heteroatoms. The van der Waals surface area contributed by atoms with Crippen LogP contribution in [0.5, 0.6) is 11.5 Å². The molecule has 0 bridgehead atoms. The quantitative estimate of drug-likeness (QED) is 0.428. The SMILES string of the molecule is C#CCOc1cc(CN=C(NCC)NCc2ccnn2C)ccc1OC. The summed E-state index contributed by atoms with van der Waals surface area (Å²) in [6, 6.07) is 7.67. The van der Waals surface area contributed by atoms with Crippen molar-refractivity contribution in [2.75, 3.05) is 20.3 Å². The van der Waals surface area contributed by atoms with Gasteiger partial charge < -0.3 is 20.1 Å². The zero-order chi connectivity index (χ0) is 18.8. The zero-order valence-corrected chi connectivity index (χ0v) is 15.5. The maximum atomic E-state index is 5.53. The topological polar surface area (TPSA) is 72.7 Å². The van der Waals surface area contributed by atoms with E-state index in [0.717, 1.165) is 23.8 Å². The van der Waals surface area contributed by atoms with Crippen LogP contribution < -0.4 is 20.1 Å². The summed E-state index contributed by atoms with van der Waals surface area (Å²) in [6.07, 6.45) is 7.04. The first-order chi connectivity index (χ1) is 12.7. The van der Waals surface area contributed by atoms with E-state index in [9.17, 15) is 0 Å². The molecule has 0 saturated heterocycles. The van der Waals surface area contributed by atoms with Gasteiger partial charge in [0.05, 0.1) is 25.9 Å². The van der Waals surface area contributed by atoms with Crippen molar-refractivity contribution in [2.24, 2.45) is 12.0 Å². The van der Waals surface area contributed by atoms with Crippen LogP contribution in [-0.4, -0.2) is 36.0 Å². The van der Waals surface area contributed by atoms with Gasteiger partial charge in [-0.1, -0.05) is 12.0 Å². The zero-order valence-electron chi connectivity index (χ0n) is 15.5. The van der Waals surface area contributed by atoms with Crippen molar-refractivity contribution in [3.8, 4) is 23.8 Å². The van der Waals surface area contributed by atoms with Gasteiger partial charge in [-0.05, 0) is 30.7 Å². The number of aliphatic imine (C=N–C) groups is 1. The monoisotopic (exact) mass is 355 g/mol. The molecular weight excluding hydrogens is 330 g/mol. The lowest BCUT2D eigenvalue weighted by atomic mass is 10.2. The van der Waals surface area contributed by atoms with Crippen LogP contribution in [0.4, 0.5) is 0 Å². The molecule has 0 amide bonds. The van der Waals surface area contributed by atoms with E-state index in [4.69, 9.17) is 15.9 Å². The molecule has 0 atom stereocenters. The molecule has 1 heterocycles. The third kappa shape index (κ3) is 5.45. The Hall–Kier alpha value is -3.14. The van der Waals surface area contributed by atoms with Gasteiger partial charge in [0.25, 0.3) is 0 Å². The van der Waals surface area contributed by atoms with Crippen LogP contribution in [0.15, 0.2) is 35.5 Å². The number of nitrogens with one attached hydrogen (secondary N) is 2. The molecule has 0 aliphatic rings. The van der Waals surface area contributed by atoms with Gasteiger partial charge in [-0.15, -0.1) is 6.42 Å². The van der Waals surface area contributed by atoms with Crippen molar-refractivity contribution in [1.29, 1.82) is 0 Å². The molecule has 7 nitrogen and oxygen atoms in total. The largest absolute Gasteiger partial charge is 0.493 e. The second kappa shape index (κ2) is 9.99. The van der Waals surface area contributed by atoms with Gasteiger partial charge in [0.1, 0.15) is 6.61 Å². The van der Waals surface area contributed by atoms with Crippen LogP contribution in [0, 0.1) is 12.3 Å². The highest BCUT2D eigenvalue weighted by atomic mass is 16.5. The number of terminal acetylenes is 1. The third-order valence-electron chi connectivity index (χ3n) is 3.66. The van der Waals surface area contributed by atoms with Crippen LogP contribution in [0.2, 0.25) is 0 Å². The summed E-state index contributed by atoms with van der Waals surface area (Å²) in [7, 11) is 3.51. The van der Waals surface area contributed by atoms with Crippen molar-refractivity contribution >= 4 is 5.96 Å². The maximum Gasteiger partial charge on any atom is 0.191 e. The fraction of sp³-hybridized carbons (Fsp3) is 0.368. The van der Waals surface area contributed by atoms with Crippen LogP contribution in [0.3, 0.4) is 0 Å². The second-order valence-corrected chi connectivity index (χ2v) is 5.47. The second-order valence-electron chi connectivity index (χ2n) is 5.47. The van der Waals surface area contributed by atoms with Crippen molar-refractivity contribution in [3.05, 3.63) is 41.7 Å². The number of methoxy groups -OCH3 is 1. The molecule has 1 aromatic carbocycles. The Labute approximate surface area is 154 Å². The normalized spacial score (nSPS) is 10.9. The Morgan fingerprint density at radius 2 is 2.15 bits per heavy atom. The van der Waals surface area contributed by atoms with Crippen LogP contribution in [0.25, 0.3) is 0 Å². The molecule has 0 radical (unpaired) electrons. The molecule has 1 aromatic heterocycles. The highest BCUT2D eigenvalue weighted by Gasteiger charge is 2.06. The Kier molecular flexibility index (Phi) is 7.37. The smallest absolute Gasteiger partial charge is 0.191 e. The molecule has 0 spiro atoms. The van der Waals surface area contributed by atoms with E-state index in [1.807, 2.05) is 42.9 Å². The van der Waals surface area contributed by atoms with Crippen molar-refractivity contribution in [2.45, 2.75) is 20.0 Å². The van der Waals surface area contributed by atoms with Gasteiger partial charge in [0, 0.05) is 19.8 Å². The molecule has 2 rings (SSSR count). The predicted molar refractivity (Wildman–Crippen MR) is 102 cm³/mol. The van der Waals surface area contributed by atoms with E-state index in [1.54, 1.807) is 13.3 Å². The Morgan fingerprint density at radius 3 is 2.81 bits per heavy atom. The van der Waals surface area contributed by atoms with E-state index < -0.39 is 0 Å². The van der Waals surface area contributed by atoms with Gasteiger partial charge in [0.15, 0.2) is 17.5 Å². The Bertz CT molecular complexity index is 776. The highest BCUT2D eigenvalue weighted by Crippen LogP contribution is 2.28. The lowest BCUT2D eigenvalue weighted by Gasteiger charge is -2.12. The first kappa shape index (κ1) is 19.2. The maximum absolute atomic E-state index is 5.53. The standard InChI is InChI=1S/C19H25N5O2/c1-5-11-26-18-12-15(7-8-17(18)25-4)13-21-19(20-6-2)22-14-16-9-10-23-24(16)3/h1,7-10,12H,6,11,13-14H2,2-4H3,(H2,20,21,22). The number of aromatic nitrogens is 2. The average Bonchev–Trinajstić information content (AvgIpc) is 3.07. The summed E-state index contributed by atoms with van der Waals surface area (Å²) in [5.74, 6) is 4.45. The average molecular weight is 355 g/mol. The van der Waals surface area contributed by atoms with E-state index in [-0.39, 0.29) is 6.61 Å². The molecule has 2 N–H and O–H groups in total. The summed E-state index contributed by atoms with van der Waals surface area (Å²) in [6.45, 7) is 4.13. The first-order valence-electron chi connectivity index (χ1n) is 8.40. The molecule has 26 heavy (non-hydrogen) atoms. The number of rotatable bonds is 8. The fourth-order valence-corrected chi connectivity index (χ4v) is 2.31. The van der Waals surface area contributed by atoms with Crippen LogP contribution >= 0.6 is 0 Å². The lowest BCUT2D eigenvalue weighted by Crippen LogP contribution is -2.37. The molecule has 138 valence electrons. The number of guanidine groups is 1. The summed E-state index contributed by atoms with van der Waals surface area (Å²) >= 11 is 0. The number of hydrogen-bond acceptors (Lipinski definition) is 4. The summed E-state index contributed by atoms with van der Waals surface area (Å²) in [4.78, 5) is 4.62. The molecule has 0 aliphatic heterocycles. The van der Waals surface area contributed by atoms with Gasteiger partial charge in [-0.2, -0.15) is 5.10 Å².